The van der Waals surface area contributed by atoms with Gasteiger partial charge in [0.05, 0.1) is 17.2 Å². The predicted octanol–water partition coefficient (Wildman–Crippen LogP) is 4.60. The number of para-hydroxylation sites is 1. The summed E-state index contributed by atoms with van der Waals surface area (Å²) in [4.78, 5) is 19.2. The van der Waals surface area contributed by atoms with Gasteiger partial charge in [0.15, 0.2) is 5.16 Å². The summed E-state index contributed by atoms with van der Waals surface area (Å²) < 4.78 is 7.54. The number of ether oxygens (including phenoxy) is 1. The highest BCUT2D eigenvalue weighted by Gasteiger charge is 2.29. The average Bonchev–Trinajstić information content (AvgIpc) is 3.20. The highest BCUT2D eigenvalue weighted by Crippen LogP contribution is 2.44. The molecule has 2 aliphatic rings. The average molecular weight is 385 g/mol. The van der Waals surface area contributed by atoms with Gasteiger partial charge in [-0.1, -0.05) is 30.0 Å². The number of hydrogen-bond acceptors (Lipinski definition) is 5. The third-order valence-electron chi connectivity index (χ3n) is 5.06. The number of aromatic nitrogens is 2. The lowest BCUT2D eigenvalue weighted by Crippen LogP contribution is -2.22. The summed E-state index contributed by atoms with van der Waals surface area (Å²) in [6.45, 7) is 0.846. The molecule has 1 aliphatic heterocycles. The van der Waals surface area contributed by atoms with Crippen LogP contribution in [0.3, 0.4) is 0 Å². The van der Waals surface area contributed by atoms with Gasteiger partial charge < -0.3 is 4.74 Å². The summed E-state index contributed by atoms with van der Waals surface area (Å²) in [6, 6.07) is 9.87. The molecule has 26 heavy (non-hydrogen) atoms. The Bertz CT molecular complexity index is 986. The van der Waals surface area contributed by atoms with Crippen molar-refractivity contribution in [1.82, 2.24) is 9.55 Å². The van der Waals surface area contributed by atoms with Crippen LogP contribution in [0.25, 0.3) is 15.9 Å². The van der Waals surface area contributed by atoms with Crippen molar-refractivity contribution in [2.45, 2.75) is 42.9 Å². The maximum Gasteiger partial charge on any atom is 0.267 e. The van der Waals surface area contributed by atoms with Crippen LogP contribution in [0.2, 0.25) is 0 Å². The molecule has 0 unspecified atom stereocenters. The van der Waals surface area contributed by atoms with Crippen LogP contribution in [0, 0.1) is 0 Å². The van der Waals surface area contributed by atoms with Crippen LogP contribution in [0.5, 0.6) is 0 Å². The summed E-state index contributed by atoms with van der Waals surface area (Å²) in [5, 5.41) is 3.73. The van der Waals surface area contributed by atoms with E-state index in [9.17, 15) is 4.79 Å². The van der Waals surface area contributed by atoms with E-state index in [0.717, 1.165) is 46.3 Å². The van der Waals surface area contributed by atoms with Crippen molar-refractivity contribution in [3.05, 3.63) is 51.6 Å². The molecule has 6 heteroatoms. The van der Waals surface area contributed by atoms with Gasteiger partial charge in [0, 0.05) is 12.4 Å². The molecule has 2 aromatic heterocycles. The zero-order valence-corrected chi connectivity index (χ0v) is 16.0. The Kier molecular flexibility index (Phi) is 4.35. The predicted molar refractivity (Wildman–Crippen MR) is 107 cm³/mol. The van der Waals surface area contributed by atoms with E-state index < -0.39 is 0 Å². The first-order chi connectivity index (χ1) is 12.8. The molecule has 3 aromatic rings. The number of nitrogens with zero attached hydrogens (tertiary/aromatic N) is 2. The highest BCUT2D eigenvalue weighted by atomic mass is 32.2. The summed E-state index contributed by atoms with van der Waals surface area (Å²) in [6.07, 6.45) is 4.86. The Morgan fingerprint density at radius 3 is 2.81 bits per heavy atom. The monoisotopic (exact) mass is 384 g/mol. The second-order valence-electron chi connectivity index (χ2n) is 6.96. The van der Waals surface area contributed by atoms with Gasteiger partial charge in [-0.3, -0.25) is 9.36 Å². The minimum absolute atomic E-state index is 0.0687. The first-order valence-corrected chi connectivity index (χ1v) is 11.0. The van der Waals surface area contributed by atoms with E-state index in [2.05, 4.69) is 5.38 Å². The van der Waals surface area contributed by atoms with E-state index in [1.165, 1.54) is 18.4 Å². The number of hydrogen-bond donors (Lipinski definition) is 0. The lowest BCUT2D eigenvalue weighted by atomic mass is 10.1. The summed E-state index contributed by atoms with van der Waals surface area (Å²) in [7, 11) is 0. The molecular formula is C20H20N2O2S2. The fourth-order valence-corrected chi connectivity index (χ4v) is 5.67. The number of fused-ring (bicyclic) bond motifs is 1. The molecule has 5 rings (SSSR count). The van der Waals surface area contributed by atoms with Crippen molar-refractivity contribution in [3.63, 3.8) is 0 Å². The SMILES string of the molecule is O=c1c2c(C3CC3)csc2nc(SC[C@H]2CCCO2)n1-c1ccccc1. The highest BCUT2D eigenvalue weighted by molar-refractivity contribution is 7.99. The Morgan fingerprint density at radius 1 is 1.23 bits per heavy atom. The maximum atomic E-state index is 13.4. The fraction of sp³-hybridized carbons (Fsp3) is 0.400. The quantitative estimate of drug-likeness (QED) is 0.476. The van der Waals surface area contributed by atoms with Crippen molar-refractivity contribution in [1.29, 1.82) is 0 Å². The molecule has 1 aliphatic carbocycles. The third-order valence-corrected chi connectivity index (χ3v) is 7.02. The van der Waals surface area contributed by atoms with Crippen molar-refractivity contribution in [3.8, 4) is 5.69 Å². The summed E-state index contributed by atoms with van der Waals surface area (Å²) in [5.74, 6) is 1.39. The van der Waals surface area contributed by atoms with Crippen molar-refractivity contribution < 1.29 is 4.74 Å². The fourth-order valence-electron chi connectivity index (χ4n) is 3.53. The molecule has 4 nitrogen and oxygen atoms in total. The molecule has 0 N–H and O–H groups in total. The van der Waals surface area contributed by atoms with E-state index in [1.54, 1.807) is 27.7 Å². The van der Waals surface area contributed by atoms with Crippen LogP contribution in [-0.4, -0.2) is 28.0 Å². The normalized spacial score (nSPS) is 20.1. The molecule has 0 bridgehead atoms. The number of rotatable bonds is 5. The number of thioether (sulfide) groups is 1. The van der Waals surface area contributed by atoms with Gasteiger partial charge >= 0.3 is 0 Å². The zero-order chi connectivity index (χ0) is 17.5. The van der Waals surface area contributed by atoms with Crippen molar-refractivity contribution >= 4 is 33.3 Å². The molecule has 2 fully saturated rings. The van der Waals surface area contributed by atoms with E-state index in [4.69, 9.17) is 9.72 Å². The smallest absolute Gasteiger partial charge is 0.267 e. The van der Waals surface area contributed by atoms with Crippen LogP contribution in [-0.2, 0) is 4.74 Å². The van der Waals surface area contributed by atoms with Crippen LogP contribution in [0.4, 0.5) is 0 Å². The lowest BCUT2D eigenvalue weighted by Gasteiger charge is -2.14. The molecule has 0 amide bonds. The Morgan fingerprint density at radius 2 is 2.08 bits per heavy atom. The van der Waals surface area contributed by atoms with E-state index in [-0.39, 0.29) is 11.7 Å². The van der Waals surface area contributed by atoms with Gasteiger partial charge in [0.2, 0.25) is 0 Å². The topological polar surface area (TPSA) is 44.1 Å². The zero-order valence-electron chi connectivity index (χ0n) is 14.4. The largest absolute Gasteiger partial charge is 0.377 e. The molecule has 0 spiro atoms. The minimum atomic E-state index is 0.0687. The minimum Gasteiger partial charge on any atom is -0.377 e. The second kappa shape index (κ2) is 6.83. The molecule has 1 saturated heterocycles. The summed E-state index contributed by atoms with van der Waals surface area (Å²) in [5.41, 5.74) is 2.15. The number of benzene rings is 1. The molecular weight excluding hydrogens is 364 g/mol. The standard InChI is InChI=1S/C20H20N2O2S2/c23-19-17-16(13-8-9-13)12-25-18(17)21-20(26-11-15-7-4-10-24-15)22(19)14-5-2-1-3-6-14/h1-3,5-6,12-13,15H,4,7-11H2/t15-/m1/s1. The van der Waals surface area contributed by atoms with Gasteiger partial charge in [0.1, 0.15) is 4.83 Å². The van der Waals surface area contributed by atoms with Gasteiger partial charge in [0.25, 0.3) is 5.56 Å². The molecule has 1 aromatic carbocycles. The Labute approximate surface area is 160 Å². The maximum absolute atomic E-state index is 13.4. The Balaban J connectivity index is 1.63. The Hall–Kier alpha value is -1.63. The molecule has 134 valence electrons. The first kappa shape index (κ1) is 16.5. The van der Waals surface area contributed by atoms with E-state index >= 15 is 0 Å². The second-order valence-corrected chi connectivity index (χ2v) is 8.81. The van der Waals surface area contributed by atoms with Crippen LogP contribution < -0.4 is 5.56 Å². The number of thiophene rings is 1. The van der Waals surface area contributed by atoms with Crippen LogP contribution >= 0.6 is 23.1 Å². The third kappa shape index (κ3) is 3.00. The van der Waals surface area contributed by atoms with E-state index in [1.807, 2.05) is 30.3 Å². The van der Waals surface area contributed by atoms with Gasteiger partial charge in [-0.25, -0.2) is 4.98 Å². The first-order valence-electron chi connectivity index (χ1n) is 9.15. The molecule has 1 atom stereocenters. The molecule has 1 saturated carbocycles. The van der Waals surface area contributed by atoms with E-state index in [0.29, 0.717) is 5.92 Å². The van der Waals surface area contributed by atoms with Crippen LogP contribution in [0.15, 0.2) is 45.7 Å². The van der Waals surface area contributed by atoms with Gasteiger partial charge in [-0.2, -0.15) is 0 Å². The van der Waals surface area contributed by atoms with Crippen molar-refractivity contribution in [2.24, 2.45) is 0 Å². The van der Waals surface area contributed by atoms with Gasteiger partial charge in [-0.15, -0.1) is 11.3 Å². The lowest BCUT2D eigenvalue weighted by molar-refractivity contribution is 0.129. The molecule has 3 heterocycles. The summed E-state index contributed by atoms with van der Waals surface area (Å²) >= 11 is 3.24. The van der Waals surface area contributed by atoms with Crippen molar-refractivity contribution in [2.75, 3.05) is 12.4 Å². The van der Waals surface area contributed by atoms with Gasteiger partial charge in [-0.05, 0) is 54.7 Å². The molecule has 0 radical (unpaired) electrons. The van der Waals surface area contributed by atoms with Crippen LogP contribution in [0.1, 0.15) is 37.2 Å².